The van der Waals surface area contributed by atoms with Crippen LogP contribution in [0.1, 0.15) is 47.2 Å². The molecule has 0 fully saturated rings. The molecule has 0 atom stereocenters. The monoisotopic (exact) mass is 550 g/mol. The van der Waals surface area contributed by atoms with Crippen LogP contribution in [0.2, 0.25) is 0 Å². The molecule has 0 aromatic heterocycles. The summed E-state index contributed by atoms with van der Waals surface area (Å²) in [6.07, 6.45) is 8.67. The van der Waals surface area contributed by atoms with Crippen molar-refractivity contribution >= 4 is 24.3 Å². The molecule has 0 bridgehead atoms. The van der Waals surface area contributed by atoms with Crippen LogP contribution in [0.25, 0.3) is 57.7 Å². The van der Waals surface area contributed by atoms with Gasteiger partial charge in [-0.3, -0.25) is 0 Å². The minimum atomic E-state index is -0.0760. The maximum atomic E-state index is 2.40. The second kappa shape index (κ2) is 11.2. The Balaban J connectivity index is 1.12. The average Bonchev–Trinajstić information content (AvgIpc) is 3.29. The van der Waals surface area contributed by atoms with Crippen molar-refractivity contribution in [2.45, 2.75) is 19.3 Å². The molecule has 0 amide bonds. The smallest absolute Gasteiger partial charge is 0.0159 e. The Morgan fingerprint density at radius 1 is 0.349 bits per heavy atom. The molecule has 0 spiro atoms. The highest BCUT2D eigenvalue weighted by Crippen LogP contribution is 2.50. The molecule has 0 unspecified atom stereocenters. The first-order valence-electron chi connectivity index (χ1n) is 15.0. The Bertz CT molecular complexity index is 1790. The van der Waals surface area contributed by atoms with Gasteiger partial charge in [0.2, 0.25) is 0 Å². The minimum Gasteiger partial charge on any atom is -0.0622 e. The molecule has 6 aromatic carbocycles. The zero-order valence-electron chi connectivity index (χ0n) is 24.7. The fourth-order valence-electron chi connectivity index (χ4n) is 6.18. The number of benzene rings is 6. The van der Waals surface area contributed by atoms with E-state index in [1.54, 1.807) is 0 Å². The van der Waals surface area contributed by atoms with Gasteiger partial charge in [0.15, 0.2) is 0 Å². The van der Waals surface area contributed by atoms with E-state index in [0.717, 1.165) is 0 Å². The van der Waals surface area contributed by atoms with E-state index in [4.69, 9.17) is 0 Å². The highest BCUT2D eigenvalue weighted by atomic mass is 14.4. The van der Waals surface area contributed by atoms with E-state index in [-0.39, 0.29) is 5.41 Å². The van der Waals surface area contributed by atoms with Crippen molar-refractivity contribution < 1.29 is 0 Å². The Labute approximate surface area is 255 Å². The van der Waals surface area contributed by atoms with Crippen molar-refractivity contribution in [1.82, 2.24) is 0 Å². The van der Waals surface area contributed by atoms with Gasteiger partial charge in [-0.15, -0.1) is 0 Å². The lowest BCUT2D eigenvalue weighted by molar-refractivity contribution is 0.661. The number of hydrogen-bond acceptors (Lipinski definition) is 0. The maximum absolute atomic E-state index is 2.40. The third-order valence-corrected chi connectivity index (χ3v) is 8.70. The summed E-state index contributed by atoms with van der Waals surface area (Å²) in [6, 6.07) is 52.6. The number of fused-ring (bicyclic) bond motifs is 3. The van der Waals surface area contributed by atoms with Crippen LogP contribution in [0.5, 0.6) is 0 Å². The molecule has 0 N–H and O–H groups in total. The third-order valence-electron chi connectivity index (χ3n) is 8.70. The molecule has 1 aliphatic carbocycles. The molecule has 43 heavy (non-hydrogen) atoms. The molecular weight excluding hydrogens is 516 g/mol. The van der Waals surface area contributed by atoms with E-state index < -0.39 is 0 Å². The molecule has 0 heterocycles. The van der Waals surface area contributed by atoms with Crippen molar-refractivity contribution in [3.05, 3.63) is 179 Å². The first-order valence-corrected chi connectivity index (χ1v) is 15.0. The van der Waals surface area contributed by atoms with Crippen LogP contribution in [-0.2, 0) is 5.41 Å². The van der Waals surface area contributed by atoms with Gasteiger partial charge >= 0.3 is 0 Å². The van der Waals surface area contributed by atoms with Crippen LogP contribution >= 0.6 is 0 Å². The molecule has 0 saturated carbocycles. The van der Waals surface area contributed by atoms with Crippen molar-refractivity contribution in [3.8, 4) is 33.4 Å². The molecular formula is C43H34. The molecule has 1 aliphatic rings. The van der Waals surface area contributed by atoms with E-state index >= 15 is 0 Å². The van der Waals surface area contributed by atoms with E-state index in [1.165, 1.54) is 66.8 Å². The fraction of sp³-hybridized carbons (Fsp3) is 0.0698. The van der Waals surface area contributed by atoms with Gasteiger partial charge in [0, 0.05) is 5.41 Å². The lowest BCUT2D eigenvalue weighted by Crippen LogP contribution is -2.15. The summed E-state index contributed by atoms with van der Waals surface area (Å²) in [5, 5.41) is 0. The van der Waals surface area contributed by atoms with Gasteiger partial charge in [-0.2, -0.15) is 0 Å². The lowest BCUT2D eigenvalue weighted by Gasteiger charge is -2.22. The van der Waals surface area contributed by atoms with Gasteiger partial charge in [0.05, 0.1) is 0 Å². The van der Waals surface area contributed by atoms with Crippen LogP contribution in [0.15, 0.2) is 146 Å². The van der Waals surface area contributed by atoms with Crippen molar-refractivity contribution in [1.29, 1.82) is 0 Å². The minimum absolute atomic E-state index is 0.0760. The molecule has 0 radical (unpaired) electrons. The molecule has 206 valence electrons. The van der Waals surface area contributed by atoms with Gasteiger partial charge < -0.3 is 0 Å². The van der Waals surface area contributed by atoms with Gasteiger partial charge in [-0.25, -0.2) is 0 Å². The summed E-state index contributed by atoms with van der Waals surface area (Å²) < 4.78 is 0. The highest BCUT2D eigenvalue weighted by molar-refractivity contribution is 5.86. The van der Waals surface area contributed by atoms with Crippen LogP contribution < -0.4 is 0 Å². The second-order valence-corrected chi connectivity index (χ2v) is 11.9. The van der Waals surface area contributed by atoms with E-state index in [0.29, 0.717) is 0 Å². The van der Waals surface area contributed by atoms with Gasteiger partial charge in [0.25, 0.3) is 0 Å². The summed E-state index contributed by atoms with van der Waals surface area (Å²) >= 11 is 0. The number of rotatable bonds is 6. The molecule has 0 saturated heterocycles. The van der Waals surface area contributed by atoms with Gasteiger partial charge in [-0.05, 0) is 78.9 Å². The van der Waals surface area contributed by atoms with Crippen LogP contribution in [0.3, 0.4) is 0 Å². The second-order valence-electron chi connectivity index (χ2n) is 11.9. The Kier molecular flexibility index (Phi) is 6.97. The van der Waals surface area contributed by atoms with Crippen LogP contribution in [0, 0.1) is 0 Å². The maximum Gasteiger partial charge on any atom is 0.0159 e. The largest absolute Gasteiger partial charge is 0.0622 e. The summed E-state index contributed by atoms with van der Waals surface area (Å²) in [7, 11) is 0. The van der Waals surface area contributed by atoms with Crippen molar-refractivity contribution in [3.63, 3.8) is 0 Å². The summed E-state index contributed by atoms with van der Waals surface area (Å²) in [5.41, 5.74) is 15.2. The van der Waals surface area contributed by atoms with Gasteiger partial charge in [-0.1, -0.05) is 172 Å². The predicted molar refractivity (Wildman–Crippen MR) is 186 cm³/mol. The van der Waals surface area contributed by atoms with E-state index in [1.807, 2.05) is 12.1 Å². The zero-order chi connectivity index (χ0) is 29.2. The normalized spacial score (nSPS) is 13.3. The quantitative estimate of drug-likeness (QED) is 0.181. The van der Waals surface area contributed by atoms with Crippen LogP contribution in [-0.4, -0.2) is 0 Å². The topological polar surface area (TPSA) is 0 Å². The lowest BCUT2D eigenvalue weighted by atomic mass is 9.81. The van der Waals surface area contributed by atoms with Crippen molar-refractivity contribution in [2.24, 2.45) is 0 Å². The van der Waals surface area contributed by atoms with E-state index in [2.05, 4.69) is 172 Å². The molecule has 0 heteroatoms. The summed E-state index contributed by atoms with van der Waals surface area (Å²) in [4.78, 5) is 0. The summed E-state index contributed by atoms with van der Waals surface area (Å²) in [5.74, 6) is 0. The predicted octanol–water partition coefficient (Wildman–Crippen LogP) is 11.7. The first-order chi connectivity index (χ1) is 21.0. The standard InChI is InChI=1S/C43H34/c1-43(2)41-29-37(35-21-17-33(18-22-35)15-13-31-9-5-3-6-10-31)25-27-39(41)40-28-26-38(30-42(40)43)36-23-19-34(20-24-36)16-14-32-11-7-4-8-12-32/h3-30H,1-2H3. The van der Waals surface area contributed by atoms with Crippen molar-refractivity contribution in [2.75, 3.05) is 0 Å². The Hall–Kier alpha value is -5.20. The fourth-order valence-corrected chi connectivity index (χ4v) is 6.18. The SMILES string of the molecule is CC1(C)c2cc(-c3ccc(C=Cc4ccccc4)cc3)ccc2-c2ccc(-c3ccc(C=Cc4ccccc4)cc3)cc21. The zero-order valence-corrected chi connectivity index (χ0v) is 24.7. The first kappa shape index (κ1) is 26.7. The average molecular weight is 551 g/mol. The summed E-state index contributed by atoms with van der Waals surface area (Å²) in [6.45, 7) is 4.72. The highest BCUT2D eigenvalue weighted by Gasteiger charge is 2.35. The Morgan fingerprint density at radius 2 is 0.674 bits per heavy atom. The molecule has 7 rings (SSSR count). The molecule has 0 aliphatic heterocycles. The van der Waals surface area contributed by atoms with Gasteiger partial charge in [0.1, 0.15) is 0 Å². The van der Waals surface area contributed by atoms with E-state index in [9.17, 15) is 0 Å². The third kappa shape index (κ3) is 5.41. The number of hydrogen-bond donors (Lipinski definition) is 0. The Morgan fingerprint density at radius 3 is 1.05 bits per heavy atom. The molecule has 0 nitrogen and oxygen atoms in total. The molecule has 6 aromatic rings. The van der Waals surface area contributed by atoms with Crippen LogP contribution in [0.4, 0.5) is 0 Å².